The van der Waals surface area contributed by atoms with Gasteiger partial charge in [0.15, 0.2) is 5.56 Å². The van der Waals surface area contributed by atoms with E-state index in [0.717, 1.165) is 0 Å². The fourth-order valence-corrected chi connectivity index (χ4v) is 1.15. The van der Waals surface area contributed by atoms with E-state index in [1.165, 1.54) is 13.0 Å². The molecule has 0 aliphatic carbocycles. The van der Waals surface area contributed by atoms with Gasteiger partial charge in [-0.2, -0.15) is 0 Å². The minimum atomic E-state index is -0.886. The number of carbonyl (C=O) groups is 1. The summed E-state index contributed by atoms with van der Waals surface area (Å²) in [6.45, 7) is 6.99. The van der Waals surface area contributed by atoms with Gasteiger partial charge in [-0.1, -0.05) is 13.8 Å². The van der Waals surface area contributed by atoms with Gasteiger partial charge in [0.25, 0.3) is 0 Å². The highest BCUT2D eigenvalue weighted by Crippen LogP contribution is 2.17. The fraction of sp³-hybridized carbons (Fsp3) is 0.500. The van der Waals surface area contributed by atoms with E-state index in [9.17, 15) is 14.7 Å². The molecule has 0 spiro atoms. The Labute approximate surface area is 99.0 Å². The molecule has 1 aromatic rings. The second-order valence-corrected chi connectivity index (χ2v) is 4.26. The van der Waals surface area contributed by atoms with Crippen LogP contribution in [0.1, 0.15) is 36.9 Å². The van der Waals surface area contributed by atoms with Gasteiger partial charge in [-0.15, -0.1) is 0 Å². The lowest BCUT2D eigenvalue weighted by molar-refractivity contribution is 0.0229. The number of esters is 1. The highest BCUT2D eigenvalue weighted by Gasteiger charge is 2.22. The Balaban J connectivity index is 3.02. The molecule has 0 saturated carbocycles. The van der Waals surface area contributed by atoms with Crippen LogP contribution in [0, 0.1) is 12.8 Å². The summed E-state index contributed by atoms with van der Waals surface area (Å²) in [5.74, 6) is -0.920. The molecule has 1 atom stereocenters. The van der Waals surface area contributed by atoms with Crippen LogP contribution in [0.15, 0.2) is 15.3 Å². The summed E-state index contributed by atoms with van der Waals surface area (Å²) in [6, 6.07) is 1.21. The molecule has 17 heavy (non-hydrogen) atoms. The molecule has 0 radical (unpaired) electrons. The number of aromatic hydroxyl groups is 1. The molecule has 0 bridgehead atoms. The number of carbonyl (C=O) groups excluding carboxylic acids is 1. The number of hydrogen-bond donors (Lipinski definition) is 1. The lowest BCUT2D eigenvalue weighted by Crippen LogP contribution is -2.24. The molecule has 1 N–H and O–H groups in total. The monoisotopic (exact) mass is 240 g/mol. The Kier molecular flexibility index (Phi) is 3.93. The van der Waals surface area contributed by atoms with E-state index in [-0.39, 0.29) is 17.8 Å². The predicted octanol–water partition coefficient (Wildman–Crippen LogP) is 1.86. The second-order valence-electron chi connectivity index (χ2n) is 4.26. The smallest absolute Gasteiger partial charge is 0.354 e. The fourth-order valence-electron chi connectivity index (χ4n) is 1.15. The van der Waals surface area contributed by atoms with Crippen molar-refractivity contribution in [3.8, 4) is 5.75 Å². The van der Waals surface area contributed by atoms with Crippen molar-refractivity contribution in [2.24, 2.45) is 5.92 Å². The summed E-state index contributed by atoms with van der Waals surface area (Å²) in [5.41, 5.74) is -1.34. The first kappa shape index (κ1) is 13.3. The van der Waals surface area contributed by atoms with Crippen LogP contribution >= 0.6 is 0 Å². The van der Waals surface area contributed by atoms with Crippen molar-refractivity contribution in [2.45, 2.75) is 33.8 Å². The van der Waals surface area contributed by atoms with Crippen LogP contribution in [0.25, 0.3) is 0 Å². The maximum absolute atomic E-state index is 11.7. The summed E-state index contributed by atoms with van der Waals surface area (Å²) >= 11 is 0. The van der Waals surface area contributed by atoms with Crippen molar-refractivity contribution in [3.63, 3.8) is 0 Å². The van der Waals surface area contributed by atoms with Gasteiger partial charge < -0.3 is 14.3 Å². The summed E-state index contributed by atoms with van der Waals surface area (Å²) in [7, 11) is 0. The molecule has 0 amide bonds. The van der Waals surface area contributed by atoms with Crippen LogP contribution in [0.2, 0.25) is 0 Å². The SMILES string of the molecule is Cc1cc(O)c(C(=O)OC(C)C(C)C)c(=O)o1. The first-order valence-electron chi connectivity index (χ1n) is 5.37. The van der Waals surface area contributed by atoms with E-state index < -0.39 is 22.9 Å². The number of aryl methyl sites for hydroxylation is 1. The molecule has 1 heterocycles. The molecular formula is C12H16O5. The summed E-state index contributed by atoms with van der Waals surface area (Å²) in [5, 5.41) is 9.53. The lowest BCUT2D eigenvalue weighted by Gasteiger charge is -2.16. The molecule has 1 rings (SSSR count). The first-order valence-corrected chi connectivity index (χ1v) is 5.37. The highest BCUT2D eigenvalue weighted by atomic mass is 16.5. The van der Waals surface area contributed by atoms with Crippen LogP contribution < -0.4 is 5.63 Å². The average Bonchev–Trinajstić information content (AvgIpc) is 2.15. The first-order chi connectivity index (χ1) is 7.82. The van der Waals surface area contributed by atoms with Gasteiger partial charge in [0.1, 0.15) is 17.6 Å². The largest absolute Gasteiger partial charge is 0.507 e. The molecule has 1 unspecified atom stereocenters. The van der Waals surface area contributed by atoms with Crippen LogP contribution in [0.5, 0.6) is 5.75 Å². The molecule has 0 aliphatic heterocycles. The van der Waals surface area contributed by atoms with Crippen molar-refractivity contribution in [1.29, 1.82) is 0 Å². The summed E-state index contributed by atoms with van der Waals surface area (Å²) < 4.78 is 9.78. The zero-order chi connectivity index (χ0) is 13.2. The van der Waals surface area contributed by atoms with Gasteiger partial charge in [-0.05, 0) is 19.8 Å². The molecule has 0 saturated heterocycles. The molecule has 94 valence electrons. The minimum Gasteiger partial charge on any atom is -0.507 e. The van der Waals surface area contributed by atoms with Gasteiger partial charge in [-0.25, -0.2) is 9.59 Å². The third-order valence-corrected chi connectivity index (χ3v) is 2.49. The maximum atomic E-state index is 11.7. The molecule has 0 aromatic carbocycles. The minimum absolute atomic E-state index is 0.124. The van der Waals surface area contributed by atoms with Crippen LogP contribution in [0.4, 0.5) is 0 Å². The Morgan fingerprint density at radius 2 is 2.00 bits per heavy atom. The number of hydrogen-bond acceptors (Lipinski definition) is 5. The normalized spacial score (nSPS) is 12.5. The molecule has 0 fully saturated rings. The van der Waals surface area contributed by atoms with Crippen molar-refractivity contribution in [1.82, 2.24) is 0 Å². The Hall–Kier alpha value is -1.78. The van der Waals surface area contributed by atoms with Crippen molar-refractivity contribution in [2.75, 3.05) is 0 Å². The molecule has 1 aromatic heterocycles. The quantitative estimate of drug-likeness (QED) is 0.816. The maximum Gasteiger partial charge on any atom is 0.354 e. The topological polar surface area (TPSA) is 76.7 Å². The number of ether oxygens (including phenoxy) is 1. The van der Waals surface area contributed by atoms with Gasteiger partial charge >= 0.3 is 11.6 Å². The molecule has 5 nitrogen and oxygen atoms in total. The van der Waals surface area contributed by atoms with E-state index in [0.29, 0.717) is 0 Å². The van der Waals surface area contributed by atoms with E-state index in [1.807, 2.05) is 13.8 Å². The zero-order valence-corrected chi connectivity index (χ0v) is 10.3. The Morgan fingerprint density at radius 3 is 2.47 bits per heavy atom. The average molecular weight is 240 g/mol. The third-order valence-electron chi connectivity index (χ3n) is 2.49. The third kappa shape index (κ3) is 3.09. The van der Waals surface area contributed by atoms with E-state index in [4.69, 9.17) is 9.15 Å². The standard InChI is InChI=1S/C12H16O5/c1-6(2)8(4)17-12(15)10-9(13)5-7(3)16-11(10)14/h5-6,8,13H,1-4H3. The molecular weight excluding hydrogens is 224 g/mol. The molecule has 5 heteroatoms. The van der Waals surface area contributed by atoms with Crippen LogP contribution in [0.3, 0.4) is 0 Å². The zero-order valence-electron chi connectivity index (χ0n) is 10.3. The van der Waals surface area contributed by atoms with Crippen LogP contribution in [-0.2, 0) is 4.74 Å². The van der Waals surface area contributed by atoms with E-state index in [2.05, 4.69) is 0 Å². The van der Waals surface area contributed by atoms with Gasteiger partial charge in [-0.3, -0.25) is 0 Å². The van der Waals surface area contributed by atoms with Crippen LogP contribution in [-0.4, -0.2) is 17.2 Å². The van der Waals surface area contributed by atoms with E-state index >= 15 is 0 Å². The second kappa shape index (κ2) is 5.03. The summed E-state index contributed by atoms with van der Waals surface area (Å²) in [4.78, 5) is 23.1. The van der Waals surface area contributed by atoms with E-state index in [1.54, 1.807) is 6.92 Å². The highest BCUT2D eigenvalue weighted by molar-refractivity contribution is 5.91. The van der Waals surface area contributed by atoms with Crippen molar-refractivity contribution >= 4 is 5.97 Å². The van der Waals surface area contributed by atoms with Gasteiger partial charge in [0, 0.05) is 6.07 Å². The Bertz CT molecular complexity index is 472. The van der Waals surface area contributed by atoms with Gasteiger partial charge in [0.05, 0.1) is 0 Å². The van der Waals surface area contributed by atoms with Crippen molar-refractivity contribution in [3.05, 3.63) is 27.8 Å². The van der Waals surface area contributed by atoms with Gasteiger partial charge in [0.2, 0.25) is 0 Å². The Morgan fingerprint density at radius 1 is 1.41 bits per heavy atom. The number of rotatable bonds is 3. The summed E-state index contributed by atoms with van der Waals surface area (Å²) in [6.07, 6.45) is -0.345. The van der Waals surface area contributed by atoms with Crippen molar-refractivity contribution < 1.29 is 19.1 Å². The molecule has 0 aliphatic rings. The lowest BCUT2D eigenvalue weighted by atomic mass is 10.1. The predicted molar refractivity (Wildman–Crippen MR) is 61.1 cm³/mol.